The molecule has 0 aliphatic carbocycles. The van der Waals surface area contributed by atoms with Crippen LogP contribution in [-0.4, -0.2) is 5.54 Å². The second-order valence-corrected chi connectivity index (χ2v) is 4.05. The highest BCUT2D eigenvalue weighted by Gasteiger charge is 2.21. The first-order valence-electron chi connectivity index (χ1n) is 4.80. The van der Waals surface area contributed by atoms with Crippen LogP contribution < -0.4 is 5.73 Å². The van der Waals surface area contributed by atoms with Crippen LogP contribution in [0.4, 0.5) is 0 Å². The number of nitrogens with zero attached hydrogens (tertiary/aromatic N) is 1. The van der Waals surface area contributed by atoms with Crippen LogP contribution >= 0.6 is 0 Å². The Morgan fingerprint density at radius 2 is 2.00 bits per heavy atom. The quantitative estimate of drug-likeness (QED) is 0.792. The first-order chi connectivity index (χ1) is 6.55. The molecule has 1 aromatic carbocycles. The second kappa shape index (κ2) is 4.26. The average molecular weight is 188 g/mol. The van der Waals surface area contributed by atoms with E-state index in [4.69, 9.17) is 11.0 Å². The summed E-state index contributed by atoms with van der Waals surface area (Å²) in [5, 5.41) is 8.81. The van der Waals surface area contributed by atoms with Gasteiger partial charge in [0.15, 0.2) is 0 Å². The molecule has 1 aromatic rings. The third kappa shape index (κ3) is 2.86. The third-order valence-electron chi connectivity index (χ3n) is 2.35. The fraction of sp³-hybridized carbons (Fsp3) is 0.417. The number of hydrogen-bond acceptors (Lipinski definition) is 2. The lowest BCUT2D eigenvalue weighted by Gasteiger charge is -2.20. The van der Waals surface area contributed by atoms with Gasteiger partial charge in [-0.2, -0.15) is 5.26 Å². The van der Waals surface area contributed by atoms with E-state index >= 15 is 0 Å². The van der Waals surface area contributed by atoms with Crippen molar-refractivity contribution in [3.63, 3.8) is 0 Å². The van der Waals surface area contributed by atoms with Gasteiger partial charge < -0.3 is 5.73 Å². The highest BCUT2D eigenvalue weighted by Crippen LogP contribution is 2.23. The molecule has 2 atom stereocenters. The third-order valence-corrected chi connectivity index (χ3v) is 2.35. The van der Waals surface area contributed by atoms with Crippen molar-refractivity contribution < 1.29 is 0 Å². The summed E-state index contributed by atoms with van der Waals surface area (Å²) in [4.78, 5) is 0. The number of benzene rings is 1. The molecule has 0 saturated heterocycles. The van der Waals surface area contributed by atoms with Gasteiger partial charge in [-0.05, 0) is 24.8 Å². The van der Waals surface area contributed by atoms with Crippen molar-refractivity contribution in [2.24, 2.45) is 5.73 Å². The molecule has 0 saturated carbocycles. The minimum absolute atomic E-state index is 0.325. The number of nitriles is 1. The van der Waals surface area contributed by atoms with Crippen LogP contribution in [0, 0.1) is 11.3 Å². The van der Waals surface area contributed by atoms with E-state index in [0.29, 0.717) is 12.3 Å². The molecule has 0 heterocycles. The molecule has 0 radical (unpaired) electrons. The monoisotopic (exact) mass is 188 g/mol. The molecule has 74 valence electrons. The van der Waals surface area contributed by atoms with Crippen LogP contribution in [0.5, 0.6) is 0 Å². The smallest absolute Gasteiger partial charge is 0.102 e. The van der Waals surface area contributed by atoms with Crippen molar-refractivity contribution in [3.05, 3.63) is 35.9 Å². The highest BCUT2D eigenvalue weighted by atomic mass is 14.7. The van der Waals surface area contributed by atoms with E-state index in [9.17, 15) is 0 Å². The molecule has 0 unspecified atom stereocenters. The Bertz CT molecular complexity index is 322. The molecule has 0 bridgehead atoms. The summed E-state index contributed by atoms with van der Waals surface area (Å²) in [6.45, 7) is 3.87. The zero-order chi connectivity index (χ0) is 10.6. The minimum Gasteiger partial charge on any atom is -0.314 e. The van der Waals surface area contributed by atoms with E-state index in [1.807, 2.05) is 18.2 Å². The Hall–Kier alpha value is -1.33. The highest BCUT2D eigenvalue weighted by molar-refractivity contribution is 5.20. The van der Waals surface area contributed by atoms with Gasteiger partial charge in [0, 0.05) is 0 Å². The van der Waals surface area contributed by atoms with E-state index in [0.717, 1.165) is 0 Å². The lowest BCUT2D eigenvalue weighted by atomic mass is 9.87. The first-order valence-corrected chi connectivity index (χ1v) is 4.80. The molecule has 1 rings (SSSR count). The number of nitrogens with two attached hydrogens (primary N) is 1. The van der Waals surface area contributed by atoms with Gasteiger partial charge in [0.1, 0.15) is 5.54 Å². The molecule has 0 spiro atoms. The fourth-order valence-electron chi connectivity index (χ4n) is 1.58. The lowest BCUT2D eigenvalue weighted by molar-refractivity contribution is 0.495. The fourth-order valence-corrected chi connectivity index (χ4v) is 1.58. The largest absolute Gasteiger partial charge is 0.314 e. The molecule has 14 heavy (non-hydrogen) atoms. The van der Waals surface area contributed by atoms with E-state index < -0.39 is 5.54 Å². The van der Waals surface area contributed by atoms with Gasteiger partial charge in [-0.25, -0.2) is 0 Å². The van der Waals surface area contributed by atoms with Crippen LogP contribution in [0.1, 0.15) is 31.7 Å². The molecular formula is C12H16N2. The second-order valence-electron chi connectivity index (χ2n) is 4.05. The maximum absolute atomic E-state index is 8.81. The SMILES string of the molecule is C[C@@H](C[C@](C)(N)C#N)c1ccccc1. The van der Waals surface area contributed by atoms with E-state index in [2.05, 4.69) is 25.1 Å². The van der Waals surface area contributed by atoms with Crippen LogP contribution in [0.25, 0.3) is 0 Å². The Labute approximate surface area is 85.4 Å². The summed E-state index contributed by atoms with van der Waals surface area (Å²) in [5.74, 6) is 0.325. The molecule has 2 N–H and O–H groups in total. The van der Waals surface area contributed by atoms with Gasteiger partial charge in [-0.15, -0.1) is 0 Å². The first kappa shape index (κ1) is 10.7. The van der Waals surface area contributed by atoms with E-state index in [-0.39, 0.29) is 0 Å². The van der Waals surface area contributed by atoms with Crippen LogP contribution in [0.2, 0.25) is 0 Å². The minimum atomic E-state index is -0.727. The standard InChI is InChI=1S/C12H16N2/c1-10(8-12(2,14)9-13)11-6-4-3-5-7-11/h3-7,10H,8,14H2,1-2H3/t10-,12-/m0/s1. The van der Waals surface area contributed by atoms with Crippen molar-refractivity contribution in [1.82, 2.24) is 0 Å². The zero-order valence-electron chi connectivity index (χ0n) is 8.70. The van der Waals surface area contributed by atoms with E-state index in [1.54, 1.807) is 6.92 Å². The van der Waals surface area contributed by atoms with Gasteiger partial charge in [0.25, 0.3) is 0 Å². The lowest BCUT2D eigenvalue weighted by Crippen LogP contribution is -2.35. The van der Waals surface area contributed by atoms with Gasteiger partial charge in [-0.1, -0.05) is 37.3 Å². The molecule has 0 amide bonds. The molecule has 0 aliphatic heterocycles. The average Bonchev–Trinajstić information content (AvgIpc) is 2.19. The van der Waals surface area contributed by atoms with Crippen LogP contribution in [0.3, 0.4) is 0 Å². The predicted molar refractivity (Wildman–Crippen MR) is 57.7 cm³/mol. The van der Waals surface area contributed by atoms with Crippen molar-refractivity contribution in [3.8, 4) is 6.07 Å². The summed E-state index contributed by atoms with van der Waals surface area (Å²) in [5.41, 5.74) is 6.30. The Kier molecular flexibility index (Phi) is 3.27. The number of rotatable bonds is 3. The van der Waals surface area contributed by atoms with E-state index in [1.165, 1.54) is 5.56 Å². The molecule has 0 aromatic heterocycles. The van der Waals surface area contributed by atoms with Crippen molar-refractivity contribution in [2.75, 3.05) is 0 Å². The van der Waals surface area contributed by atoms with Crippen molar-refractivity contribution >= 4 is 0 Å². The van der Waals surface area contributed by atoms with Gasteiger partial charge in [-0.3, -0.25) is 0 Å². The molecule has 0 aliphatic rings. The van der Waals surface area contributed by atoms with Crippen molar-refractivity contribution in [2.45, 2.75) is 31.7 Å². The Morgan fingerprint density at radius 1 is 1.43 bits per heavy atom. The molecule has 2 nitrogen and oxygen atoms in total. The van der Waals surface area contributed by atoms with Gasteiger partial charge in [0.2, 0.25) is 0 Å². The number of hydrogen-bond donors (Lipinski definition) is 1. The summed E-state index contributed by atoms with van der Waals surface area (Å²) >= 11 is 0. The normalized spacial score (nSPS) is 16.7. The summed E-state index contributed by atoms with van der Waals surface area (Å²) in [6, 6.07) is 12.3. The summed E-state index contributed by atoms with van der Waals surface area (Å²) in [7, 11) is 0. The predicted octanol–water partition coefficient (Wildman–Crippen LogP) is 2.42. The maximum Gasteiger partial charge on any atom is 0.102 e. The molecule has 2 heteroatoms. The van der Waals surface area contributed by atoms with Crippen LogP contribution in [0.15, 0.2) is 30.3 Å². The van der Waals surface area contributed by atoms with Crippen molar-refractivity contribution in [1.29, 1.82) is 5.26 Å². The van der Waals surface area contributed by atoms with Crippen LogP contribution in [-0.2, 0) is 0 Å². The maximum atomic E-state index is 8.81. The molecule has 0 fully saturated rings. The Balaban J connectivity index is 2.70. The summed E-state index contributed by atoms with van der Waals surface area (Å²) in [6.07, 6.45) is 0.688. The molecular weight excluding hydrogens is 172 g/mol. The Morgan fingerprint density at radius 3 is 2.50 bits per heavy atom. The zero-order valence-corrected chi connectivity index (χ0v) is 8.70. The van der Waals surface area contributed by atoms with Gasteiger partial charge >= 0.3 is 0 Å². The van der Waals surface area contributed by atoms with Gasteiger partial charge in [0.05, 0.1) is 6.07 Å². The topological polar surface area (TPSA) is 49.8 Å². The summed E-state index contributed by atoms with van der Waals surface area (Å²) < 4.78 is 0.